The fourth-order valence-corrected chi connectivity index (χ4v) is 0.720. The Balaban J connectivity index is 4.63. The Hall–Kier alpha value is -1.38. The van der Waals surface area contributed by atoms with Gasteiger partial charge >= 0.3 is 12.1 Å². The molecule has 0 aliphatic heterocycles. The van der Waals surface area contributed by atoms with Gasteiger partial charge < -0.3 is 10.5 Å². The van der Waals surface area contributed by atoms with Crippen molar-refractivity contribution in [3.63, 3.8) is 0 Å². The van der Waals surface area contributed by atoms with E-state index in [1.165, 1.54) is 6.92 Å². The quantitative estimate of drug-likeness (QED) is 0.335. The number of esters is 1. The zero-order valence-corrected chi connectivity index (χ0v) is 9.11. The monoisotopic (exact) mass is 257 g/mol. The van der Waals surface area contributed by atoms with Crippen LogP contribution in [0.4, 0.5) is 13.2 Å². The lowest BCUT2D eigenvalue weighted by atomic mass is 10.2. The molecule has 0 aromatic rings. The van der Waals surface area contributed by atoms with Gasteiger partial charge in [-0.05, 0) is 19.1 Å². The van der Waals surface area contributed by atoms with Gasteiger partial charge in [0.05, 0.1) is 13.0 Å². The zero-order valence-electron chi connectivity index (χ0n) is 8.30. The highest BCUT2D eigenvalue weighted by atomic mass is 32.1. The molecule has 0 aromatic carbocycles. The van der Waals surface area contributed by atoms with Crippen molar-refractivity contribution in [1.29, 1.82) is 0 Å². The number of hydrogen-bond acceptors (Lipinski definition) is 4. The summed E-state index contributed by atoms with van der Waals surface area (Å²) in [5, 5.41) is 2.47. The number of hydrazone groups is 1. The Kier molecular flexibility index (Phi) is 5.72. The van der Waals surface area contributed by atoms with Crippen LogP contribution in [0.2, 0.25) is 0 Å². The lowest BCUT2D eigenvalue weighted by Crippen LogP contribution is -2.32. The molecule has 3 N–H and O–H groups in total. The zero-order chi connectivity index (χ0) is 12.8. The summed E-state index contributed by atoms with van der Waals surface area (Å²) in [6.07, 6.45) is -5.74. The number of nitrogens with one attached hydrogen (secondary N) is 1. The number of hydrogen-bond donors (Lipinski definition) is 2. The van der Waals surface area contributed by atoms with Crippen molar-refractivity contribution in [1.82, 2.24) is 5.43 Å². The van der Waals surface area contributed by atoms with E-state index in [0.29, 0.717) is 0 Å². The van der Waals surface area contributed by atoms with Crippen LogP contribution in [0.3, 0.4) is 0 Å². The van der Waals surface area contributed by atoms with E-state index in [0.717, 1.165) is 0 Å². The molecule has 0 radical (unpaired) electrons. The molecule has 0 aliphatic carbocycles. The van der Waals surface area contributed by atoms with Crippen LogP contribution in [0, 0.1) is 0 Å². The molecule has 0 saturated heterocycles. The number of nitrogens with two attached hydrogens (primary N) is 1. The number of nitrogens with zero attached hydrogens (tertiary/aromatic N) is 1. The van der Waals surface area contributed by atoms with E-state index in [1.807, 2.05) is 0 Å². The van der Waals surface area contributed by atoms with Gasteiger partial charge in [0.25, 0.3) is 0 Å². The molecule has 0 fully saturated rings. The highest BCUT2D eigenvalue weighted by Crippen LogP contribution is 2.19. The second-order valence-corrected chi connectivity index (χ2v) is 2.95. The maximum Gasteiger partial charge on any atom is 0.431 e. The van der Waals surface area contributed by atoms with Gasteiger partial charge in [0, 0.05) is 0 Å². The molecule has 9 heteroatoms. The number of halogens is 3. The number of thiocarbonyl (C=S) groups is 1. The minimum atomic E-state index is -4.75. The van der Waals surface area contributed by atoms with Gasteiger partial charge in [-0.3, -0.25) is 10.2 Å². The van der Waals surface area contributed by atoms with Crippen molar-refractivity contribution >= 4 is 29.0 Å². The van der Waals surface area contributed by atoms with Crippen LogP contribution in [0.25, 0.3) is 0 Å². The van der Waals surface area contributed by atoms with E-state index >= 15 is 0 Å². The number of rotatable bonds is 4. The summed E-state index contributed by atoms with van der Waals surface area (Å²) < 4.78 is 41.3. The molecule has 0 heterocycles. The molecule has 16 heavy (non-hydrogen) atoms. The van der Waals surface area contributed by atoms with Crippen LogP contribution >= 0.6 is 12.2 Å². The predicted molar refractivity (Wildman–Crippen MR) is 54.7 cm³/mol. The minimum Gasteiger partial charge on any atom is -0.466 e. The van der Waals surface area contributed by atoms with E-state index in [-0.39, 0.29) is 6.61 Å². The van der Waals surface area contributed by atoms with Crippen LogP contribution in [-0.4, -0.2) is 29.6 Å². The van der Waals surface area contributed by atoms with Gasteiger partial charge in [-0.1, -0.05) is 0 Å². The molecular weight excluding hydrogens is 247 g/mol. The fraction of sp³-hybridized carbons (Fsp3) is 0.571. The molecule has 0 saturated carbocycles. The summed E-state index contributed by atoms with van der Waals surface area (Å²) in [5.74, 6) is -1.02. The molecule has 0 aromatic heterocycles. The average Bonchev–Trinajstić information content (AvgIpc) is 2.10. The van der Waals surface area contributed by atoms with Gasteiger partial charge in [-0.15, -0.1) is 0 Å². The topological polar surface area (TPSA) is 76.7 Å². The molecule has 0 bridgehead atoms. The van der Waals surface area contributed by atoms with E-state index in [4.69, 9.17) is 5.73 Å². The third-order valence-electron chi connectivity index (χ3n) is 1.25. The van der Waals surface area contributed by atoms with Crippen LogP contribution < -0.4 is 11.2 Å². The SMILES string of the molecule is CCOC(=O)C/C(=N\NC(N)=S)C(F)(F)F. The predicted octanol–water partition coefficient (Wildman–Crippen LogP) is 0.691. The first-order chi connectivity index (χ1) is 7.27. The summed E-state index contributed by atoms with van der Waals surface area (Å²) in [5.41, 5.74) is 5.32. The van der Waals surface area contributed by atoms with E-state index in [2.05, 4.69) is 22.1 Å². The van der Waals surface area contributed by atoms with Crippen LogP contribution in [0.1, 0.15) is 13.3 Å². The lowest BCUT2D eigenvalue weighted by molar-refractivity contribution is -0.142. The smallest absolute Gasteiger partial charge is 0.431 e. The maximum atomic E-state index is 12.3. The number of alkyl halides is 3. The number of ether oxygens (including phenoxy) is 1. The largest absolute Gasteiger partial charge is 0.466 e. The van der Waals surface area contributed by atoms with Crippen LogP contribution in [-0.2, 0) is 9.53 Å². The van der Waals surface area contributed by atoms with E-state index < -0.39 is 29.4 Å². The fourth-order valence-electron chi connectivity index (χ4n) is 0.674. The second kappa shape index (κ2) is 6.26. The summed E-state index contributed by atoms with van der Waals surface area (Å²) in [4.78, 5) is 10.8. The third kappa shape index (κ3) is 6.17. The van der Waals surface area contributed by atoms with Crippen molar-refractivity contribution in [2.45, 2.75) is 19.5 Å². The Bertz CT molecular complexity index is 304. The lowest BCUT2D eigenvalue weighted by Gasteiger charge is -2.09. The second-order valence-electron chi connectivity index (χ2n) is 2.51. The Labute approximate surface area is 94.8 Å². The number of carbonyl (C=O) groups is 1. The van der Waals surface area contributed by atoms with Gasteiger partial charge in [0.1, 0.15) is 0 Å². The first-order valence-electron chi connectivity index (χ1n) is 4.12. The summed E-state index contributed by atoms with van der Waals surface area (Å²) in [7, 11) is 0. The van der Waals surface area contributed by atoms with Gasteiger partial charge in [0.15, 0.2) is 10.8 Å². The average molecular weight is 257 g/mol. The summed E-state index contributed by atoms with van der Waals surface area (Å²) >= 11 is 4.28. The molecule has 0 amide bonds. The van der Waals surface area contributed by atoms with Gasteiger partial charge in [-0.2, -0.15) is 18.3 Å². The van der Waals surface area contributed by atoms with Crippen molar-refractivity contribution in [3.05, 3.63) is 0 Å². The van der Waals surface area contributed by atoms with Gasteiger partial charge in [-0.25, -0.2) is 0 Å². The Morgan fingerprint density at radius 1 is 1.56 bits per heavy atom. The molecular formula is C7H10F3N3O2S. The van der Waals surface area contributed by atoms with Crippen molar-refractivity contribution in [3.8, 4) is 0 Å². The molecule has 0 rings (SSSR count). The Morgan fingerprint density at radius 2 is 2.12 bits per heavy atom. The molecule has 0 atom stereocenters. The van der Waals surface area contributed by atoms with Crippen molar-refractivity contribution < 1.29 is 22.7 Å². The summed E-state index contributed by atoms with van der Waals surface area (Å²) in [6.45, 7) is 1.47. The molecule has 0 unspecified atom stereocenters. The molecule has 92 valence electrons. The van der Waals surface area contributed by atoms with E-state index in [9.17, 15) is 18.0 Å². The maximum absolute atomic E-state index is 12.3. The minimum absolute atomic E-state index is 0.00724. The normalized spacial score (nSPS) is 12.1. The third-order valence-corrected chi connectivity index (χ3v) is 1.34. The van der Waals surface area contributed by atoms with Crippen LogP contribution in [0.15, 0.2) is 5.10 Å². The Morgan fingerprint density at radius 3 is 2.50 bits per heavy atom. The van der Waals surface area contributed by atoms with Gasteiger partial charge in [0.2, 0.25) is 0 Å². The molecule has 5 nitrogen and oxygen atoms in total. The highest BCUT2D eigenvalue weighted by Gasteiger charge is 2.37. The van der Waals surface area contributed by atoms with Crippen molar-refractivity contribution in [2.75, 3.05) is 6.61 Å². The van der Waals surface area contributed by atoms with Crippen molar-refractivity contribution in [2.24, 2.45) is 10.8 Å². The molecule has 0 aliphatic rings. The summed E-state index contributed by atoms with van der Waals surface area (Å²) in [6, 6.07) is 0. The standard InChI is InChI=1S/C7H10F3N3O2S/c1-2-15-5(14)3-4(7(8,9)10)12-13-6(11)16/h2-3H2,1H3,(H3,11,13,16)/b12-4+. The number of carbonyl (C=O) groups excluding carboxylic acids is 1. The first-order valence-corrected chi connectivity index (χ1v) is 4.53. The highest BCUT2D eigenvalue weighted by molar-refractivity contribution is 7.80. The molecule has 0 spiro atoms. The van der Waals surface area contributed by atoms with E-state index in [1.54, 1.807) is 5.43 Å². The van der Waals surface area contributed by atoms with Crippen LogP contribution in [0.5, 0.6) is 0 Å². The first kappa shape index (κ1) is 14.6.